The van der Waals surface area contributed by atoms with Gasteiger partial charge in [-0.15, -0.1) is 0 Å². The summed E-state index contributed by atoms with van der Waals surface area (Å²) in [5.41, 5.74) is -0.00500. The number of nitrogens with zero attached hydrogens (tertiary/aromatic N) is 1. The molecule has 2 nitrogen and oxygen atoms in total. The molecule has 1 aromatic rings. The molecule has 0 saturated heterocycles. The minimum Gasteiger partial charge on any atom is -0.312 e. The topological polar surface area (TPSA) is 24.9 Å². The van der Waals surface area contributed by atoms with Crippen LogP contribution in [0.15, 0.2) is 12.1 Å². The van der Waals surface area contributed by atoms with Crippen molar-refractivity contribution in [1.82, 2.24) is 10.3 Å². The Balaban J connectivity index is 2.40. The predicted octanol–water partition coefficient (Wildman–Crippen LogP) is 2.57. The van der Waals surface area contributed by atoms with Gasteiger partial charge in [-0.1, -0.05) is 6.07 Å². The molecule has 2 rings (SSSR count). The van der Waals surface area contributed by atoms with Gasteiger partial charge in [0.1, 0.15) is 5.41 Å². The first-order valence-electron chi connectivity index (χ1n) is 5.59. The van der Waals surface area contributed by atoms with E-state index < -0.39 is 11.6 Å². The number of rotatable bonds is 1. The van der Waals surface area contributed by atoms with Crippen LogP contribution in [0.3, 0.4) is 0 Å². The zero-order chi connectivity index (χ0) is 12.7. The number of nitrogens with one attached hydrogen (secondary N) is 1. The summed E-state index contributed by atoms with van der Waals surface area (Å²) in [6.45, 7) is 3.80. The molecule has 0 fully saturated rings. The van der Waals surface area contributed by atoms with Gasteiger partial charge in [-0.2, -0.15) is 13.2 Å². The molecule has 94 valence electrons. The molecule has 0 atom stereocenters. The highest BCUT2D eigenvalue weighted by Gasteiger charge is 2.49. The molecular formula is C12H15F3N2. The van der Waals surface area contributed by atoms with Crippen LogP contribution in [0.4, 0.5) is 13.2 Å². The van der Waals surface area contributed by atoms with Crippen LogP contribution in [0, 0.1) is 0 Å². The van der Waals surface area contributed by atoms with Crippen molar-refractivity contribution in [2.45, 2.75) is 38.4 Å². The fourth-order valence-corrected chi connectivity index (χ4v) is 1.83. The second-order valence-electron chi connectivity index (χ2n) is 4.85. The first-order chi connectivity index (χ1) is 7.82. The molecule has 17 heavy (non-hydrogen) atoms. The number of hydrogen-bond donors (Lipinski definition) is 1. The Bertz CT molecular complexity index is 424. The van der Waals surface area contributed by atoms with Gasteiger partial charge in [-0.05, 0) is 25.5 Å². The van der Waals surface area contributed by atoms with Gasteiger partial charge < -0.3 is 5.32 Å². The highest BCUT2D eigenvalue weighted by atomic mass is 19.4. The predicted molar refractivity (Wildman–Crippen MR) is 58.7 cm³/mol. The van der Waals surface area contributed by atoms with E-state index >= 15 is 0 Å². The van der Waals surface area contributed by atoms with E-state index in [2.05, 4.69) is 10.3 Å². The van der Waals surface area contributed by atoms with Crippen LogP contribution < -0.4 is 5.32 Å². The second kappa shape index (κ2) is 3.98. The van der Waals surface area contributed by atoms with E-state index in [4.69, 9.17) is 0 Å². The third-order valence-corrected chi connectivity index (χ3v) is 3.27. The third kappa shape index (κ3) is 2.16. The zero-order valence-corrected chi connectivity index (χ0v) is 9.86. The summed E-state index contributed by atoms with van der Waals surface area (Å²) in [6.07, 6.45) is -3.59. The van der Waals surface area contributed by atoms with Gasteiger partial charge >= 0.3 is 6.18 Å². The average Bonchev–Trinajstić information content (AvgIpc) is 2.27. The maximum Gasteiger partial charge on any atom is 0.399 e. The quantitative estimate of drug-likeness (QED) is 0.821. The fourth-order valence-electron chi connectivity index (χ4n) is 1.83. The Labute approximate surface area is 98.2 Å². The summed E-state index contributed by atoms with van der Waals surface area (Å²) in [6, 6.07) is 3.23. The van der Waals surface area contributed by atoms with E-state index in [0.717, 1.165) is 17.8 Å². The standard InChI is InChI=1S/C12H15F3N2/c1-11(2,12(13,14)15)10-4-3-8-7-16-6-5-9(8)17-10/h3-4,16H,5-7H2,1-2H3. The smallest absolute Gasteiger partial charge is 0.312 e. The van der Waals surface area contributed by atoms with Gasteiger partial charge in [0.15, 0.2) is 0 Å². The Kier molecular flexibility index (Phi) is 2.89. The number of aromatic nitrogens is 1. The van der Waals surface area contributed by atoms with E-state index in [0.29, 0.717) is 13.0 Å². The van der Waals surface area contributed by atoms with E-state index in [-0.39, 0.29) is 5.69 Å². The van der Waals surface area contributed by atoms with Gasteiger partial charge in [-0.25, -0.2) is 0 Å². The lowest BCUT2D eigenvalue weighted by molar-refractivity contribution is -0.181. The van der Waals surface area contributed by atoms with Gasteiger partial charge in [-0.3, -0.25) is 4.98 Å². The molecule has 0 saturated carbocycles. The highest BCUT2D eigenvalue weighted by Crippen LogP contribution is 2.39. The summed E-state index contributed by atoms with van der Waals surface area (Å²) < 4.78 is 38.7. The summed E-state index contributed by atoms with van der Waals surface area (Å²) in [4.78, 5) is 4.19. The van der Waals surface area contributed by atoms with Gasteiger partial charge in [0.25, 0.3) is 0 Å². The summed E-state index contributed by atoms with van der Waals surface area (Å²) in [5, 5.41) is 3.17. The molecule has 5 heteroatoms. The van der Waals surface area contributed by atoms with Crippen molar-refractivity contribution in [2.24, 2.45) is 0 Å². The second-order valence-corrected chi connectivity index (χ2v) is 4.85. The van der Waals surface area contributed by atoms with Gasteiger partial charge in [0.05, 0.1) is 5.69 Å². The van der Waals surface area contributed by atoms with E-state index in [9.17, 15) is 13.2 Å². The minimum absolute atomic E-state index is 0.102. The molecule has 0 bridgehead atoms. The van der Waals surface area contributed by atoms with Crippen LogP contribution in [-0.2, 0) is 18.4 Å². The van der Waals surface area contributed by atoms with E-state index in [1.807, 2.05) is 0 Å². The molecular weight excluding hydrogens is 229 g/mol. The van der Waals surface area contributed by atoms with E-state index in [1.54, 1.807) is 6.07 Å². The molecule has 1 N–H and O–H groups in total. The highest BCUT2D eigenvalue weighted by molar-refractivity contribution is 5.29. The van der Waals surface area contributed by atoms with Crippen molar-refractivity contribution in [3.05, 3.63) is 29.1 Å². The van der Waals surface area contributed by atoms with Crippen LogP contribution in [0.5, 0.6) is 0 Å². The SMILES string of the molecule is CC(C)(c1ccc2c(n1)CCNC2)C(F)(F)F. The minimum atomic E-state index is -4.28. The zero-order valence-electron chi connectivity index (χ0n) is 9.86. The molecule has 1 aliphatic heterocycles. The molecule has 0 amide bonds. The Morgan fingerprint density at radius 2 is 1.94 bits per heavy atom. The normalized spacial score (nSPS) is 16.8. The third-order valence-electron chi connectivity index (χ3n) is 3.27. The molecule has 2 heterocycles. The lowest BCUT2D eigenvalue weighted by atomic mass is 9.87. The molecule has 1 aromatic heterocycles. The number of pyridine rings is 1. The monoisotopic (exact) mass is 244 g/mol. The number of fused-ring (bicyclic) bond motifs is 1. The van der Waals surface area contributed by atoms with Crippen LogP contribution >= 0.6 is 0 Å². The van der Waals surface area contributed by atoms with Gasteiger partial charge in [0.2, 0.25) is 0 Å². The Hall–Kier alpha value is -1.10. The number of hydrogen-bond acceptors (Lipinski definition) is 2. The number of halogens is 3. The lowest BCUT2D eigenvalue weighted by Crippen LogP contribution is -2.38. The molecule has 0 aromatic carbocycles. The largest absolute Gasteiger partial charge is 0.399 e. The number of alkyl halides is 3. The van der Waals surface area contributed by atoms with Gasteiger partial charge in [0, 0.05) is 25.2 Å². The maximum absolute atomic E-state index is 12.9. The van der Waals surface area contributed by atoms with Crippen molar-refractivity contribution in [1.29, 1.82) is 0 Å². The van der Waals surface area contributed by atoms with E-state index in [1.165, 1.54) is 19.9 Å². The molecule has 1 aliphatic rings. The maximum atomic E-state index is 12.9. The summed E-state index contributed by atoms with van der Waals surface area (Å²) in [7, 11) is 0. The average molecular weight is 244 g/mol. The fraction of sp³-hybridized carbons (Fsp3) is 0.583. The van der Waals surface area contributed by atoms with Crippen LogP contribution in [0.2, 0.25) is 0 Å². The molecule has 0 aliphatic carbocycles. The van der Waals surface area contributed by atoms with Crippen molar-refractivity contribution in [3.63, 3.8) is 0 Å². The van der Waals surface area contributed by atoms with Crippen molar-refractivity contribution in [3.8, 4) is 0 Å². The molecule has 0 radical (unpaired) electrons. The Morgan fingerprint density at radius 1 is 1.24 bits per heavy atom. The Morgan fingerprint density at radius 3 is 2.59 bits per heavy atom. The lowest BCUT2D eigenvalue weighted by Gasteiger charge is -2.28. The van der Waals surface area contributed by atoms with Crippen LogP contribution in [-0.4, -0.2) is 17.7 Å². The van der Waals surface area contributed by atoms with Crippen LogP contribution in [0.25, 0.3) is 0 Å². The van der Waals surface area contributed by atoms with Crippen molar-refractivity contribution >= 4 is 0 Å². The first-order valence-corrected chi connectivity index (χ1v) is 5.59. The summed E-state index contributed by atoms with van der Waals surface area (Å²) in [5.74, 6) is 0. The van der Waals surface area contributed by atoms with Crippen molar-refractivity contribution in [2.75, 3.05) is 6.54 Å². The van der Waals surface area contributed by atoms with Crippen LogP contribution in [0.1, 0.15) is 30.8 Å². The first kappa shape index (κ1) is 12.4. The van der Waals surface area contributed by atoms with Crippen molar-refractivity contribution < 1.29 is 13.2 Å². The summed E-state index contributed by atoms with van der Waals surface area (Å²) >= 11 is 0. The molecule has 0 unspecified atom stereocenters. The molecule has 0 spiro atoms.